The molecule has 0 radical (unpaired) electrons. The molecule has 26 heavy (non-hydrogen) atoms. The Labute approximate surface area is 156 Å². The number of amides is 2. The van der Waals surface area contributed by atoms with Crippen LogP contribution in [-0.2, 0) is 11.2 Å². The standard InChI is InChI=1S/C19H31N5O2/c1-14(2)23-17(25)10-12-22-19(20-3)21-11-9-15-7-6-8-16(13-15)18(26)24(4)5/h6-8,13-14H,9-12H2,1-5H3,(H,23,25)(H2,20,21,22). The lowest BCUT2D eigenvalue weighted by atomic mass is 10.1. The molecule has 1 aromatic rings. The molecule has 0 atom stereocenters. The minimum Gasteiger partial charge on any atom is -0.356 e. The van der Waals surface area contributed by atoms with Crippen molar-refractivity contribution >= 4 is 17.8 Å². The second-order valence-electron chi connectivity index (χ2n) is 6.55. The fourth-order valence-corrected chi connectivity index (χ4v) is 2.35. The number of carbonyl (C=O) groups excluding carboxylic acids is 2. The summed E-state index contributed by atoms with van der Waals surface area (Å²) in [6.07, 6.45) is 1.16. The van der Waals surface area contributed by atoms with Gasteiger partial charge in [-0.3, -0.25) is 14.6 Å². The number of benzene rings is 1. The van der Waals surface area contributed by atoms with Crippen LogP contribution < -0.4 is 16.0 Å². The van der Waals surface area contributed by atoms with Gasteiger partial charge in [0.05, 0.1) is 0 Å². The summed E-state index contributed by atoms with van der Waals surface area (Å²) in [6, 6.07) is 7.78. The monoisotopic (exact) mass is 361 g/mol. The minimum atomic E-state index is -0.00281. The highest BCUT2D eigenvalue weighted by Crippen LogP contribution is 2.07. The Kier molecular flexibility index (Phi) is 9.19. The molecule has 0 unspecified atom stereocenters. The second kappa shape index (κ2) is 11.1. The number of hydrogen-bond donors (Lipinski definition) is 3. The van der Waals surface area contributed by atoms with Crippen molar-refractivity contribution in [3.8, 4) is 0 Å². The number of aliphatic imine (C=N–C) groups is 1. The van der Waals surface area contributed by atoms with E-state index in [1.165, 1.54) is 0 Å². The van der Waals surface area contributed by atoms with Crippen LogP contribution in [0.5, 0.6) is 0 Å². The van der Waals surface area contributed by atoms with E-state index in [-0.39, 0.29) is 17.9 Å². The van der Waals surface area contributed by atoms with Crippen molar-refractivity contribution in [2.75, 3.05) is 34.2 Å². The topological polar surface area (TPSA) is 85.8 Å². The maximum absolute atomic E-state index is 12.0. The molecule has 0 saturated carbocycles. The average Bonchev–Trinajstić information content (AvgIpc) is 2.59. The van der Waals surface area contributed by atoms with Crippen molar-refractivity contribution in [1.29, 1.82) is 0 Å². The van der Waals surface area contributed by atoms with Gasteiger partial charge >= 0.3 is 0 Å². The highest BCUT2D eigenvalue weighted by molar-refractivity contribution is 5.94. The van der Waals surface area contributed by atoms with E-state index in [4.69, 9.17) is 0 Å². The fourth-order valence-electron chi connectivity index (χ4n) is 2.35. The number of hydrogen-bond acceptors (Lipinski definition) is 3. The van der Waals surface area contributed by atoms with E-state index < -0.39 is 0 Å². The Bertz CT molecular complexity index is 626. The van der Waals surface area contributed by atoms with Crippen LogP contribution in [0.3, 0.4) is 0 Å². The number of carbonyl (C=O) groups is 2. The molecule has 0 aliphatic rings. The number of nitrogens with zero attached hydrogens (tertiary/aromatic N) is 2. The SMILES string of the molecule is CN=C(NCCC(=O)NC(C)C)NCCc1cccc(C(=O)N(C)C)c1. The molecule has 0 aromatic heterocycles. The van der Waals surface area contributed by atoms with Crippen molar-refractivity contribution < 1.29 is 9.59 Å². The van der Waals surface area contributed by atoms with Gasteiger partial charge < -0.3 is 20.9 Å². The minimum absolute atomic E-state index is 0.00281. The number of guanidine groups is 1. The molecule has 0 saturated heterocycles. The first-order valence-corrected chi connectivity index (χ1v) is 8.88. The zero-order chi connectivity index (χ0) is 19.5. The fraction of sp³-hybridized carbons (Fsp3) is 0.526. The molecular weight excluding hydrogens is 330 g/mol. The quantitative estimate of drug-likeness (QED) is 0.476. The van der Waals surface area contributed by atoms with E-state index in [0.29, 0.717) is 31.0 Å². The lowest BCUT2D eigenvalue weighted by molar-refractivity contribution is -0.121. The normalized spacial score (nSPS) is 11.2. The van der Waals surface area contributed by atoms with Gasteiger partial charge in [-0.25, -0.2) is 0 Å². The summed E-state index contributed by atoms with van der Waals surface area (Å²) in [7, 11) is 5.18. The van der Waals surface area contributed by atoms with Crippen molar-refractivity contribution in [2.45, 2.75) is 32.7 Å². The Morgan fingerprint density at radius 2 is 1.85 bits per heavy atom. The summed E-state index contributed by atoms with van der Waals surface area (Å²) in [5.74, 6) is 0.671. The second-order valence-corrected chi connectivity index (χ2v) is 6.55. The first-order valence-electron chi connectivity index (χ1n) is 8.88. The zero-order valence-corrected chi connectivity index (χ0v) is 16.4. The lowest BCUT2D eigenvalue weighted by Gasteiger charge is -2.13. The molecule has 7 heteroatoms. The number of rotatable bonds is 8. The van der Waals surface area contributed by atoms with Crippen LogP contribution in [-0.4, -0.2) is 62.9 Å². The zero-order valence-electron chi connectivity index (χ0n) is 16.4. The summed E-state index contributed by atoms with van der Waals surface area (Å²) in [4.78, 5) is 29.3. The van der Waals surface area contributed by atoms with Crippen molar-refractivity contribution in [3.63, 3.8) is 0 Å². The third-order valence-corrected chi connectivity index (χ3v) is 3.60. The highest BCUT2D eigenvalue weighted by atomic mass is 16.2. The molecule has 2 amide bonds. The molecular formula is C19H31N5O2. The van der Waals surface area contributed by atoms with E-state index in [1.807, 2.05) is 38.1 Å². The van der Waals surface area contributed by atoms with E-state index in [1.54, 1.807) is 26.0 Å². The molecule has 0 bridgehead atoms. The van der Waals surface area contributed by atoms with Crippen LogP contribution in [0.2, 0.25) is 0 Å². The molecule has 3 N–H and O–H groups in total. The maximum atomic E-state index is 12.0. The lowest BCUT2D eigenvalue weighted by Crippen LogP contribution is -2.40. The van der Waals surface area contributed by atoms with E-state index in [2.05, 4.69) is 20.9 Å². The summed E-state index contributed by atoms with van der Waals surface area (Å²) in [5.41, 5.74) is 1.77. The molecule has 0 aliphatic carbocycles. The summed E-state index contributed by atoms with van der Waals surface area (Å²) >= 11 is 0. The van der Waals surface area contributed by atoms with Gasteiger partial charge in [-0.1, -0.05) is 12.1 Å². The van der Waals surface area contributed by atoms with Gasteiger partial charge in [-0.05, 0) is 38.0 Å². The smallest absolute Gasteiger partial charge is 0.253 e. The Morgan fingerprint density at radius 3 is 2.46 bits per heavy atom. The molecule has 144 valence electrons. The summed E-state index contributed by atoms with van der Waals surface area (Å²) in [5, 5.41) is 9.19. The highest BCUT2D eigenvalue weighted by Gasteiger charge is 2.08. The van der Waals surface area contributed by atoms with Crippen LogP contribution >= 0.6 is 0 Å². The van der Waals surface area contributed by atoms with Crippen LogP contribution in [0, 0.1) is 0 Å². The van der Waals surface area contributed by atoms with Gasteiger partial charge in [0.1, 0.15) is 0 Å². The Morgan fingerprint density at radius 1 is 1.15 bits per heavy atom. The predicted octanol–water partition coefficient (Wildman–Crippen LogP) is 1.01. The molecule has 0 spiro atoms. The molecule has 0 aliphatic heterocycles. The maximum Gasteiger partial charge on any atom is 0.253 e. The average molecular weight is 361 g/mol. The van der Waals surface area contributed by atoms with Crippen molar-refractivity contribution in [1.82, 2.24) is 20.9 Å². The summed E-state index contributed by atoms with van der Waals surface area (Å²) in [6.45, 7) is 5.07. The van der Waals surface area contributed by atoms with Gasteiger partial charge in [0, 0.05) is 52.3 Å². The van der Waals surface area contributed by atoms with Crippen LogP contribution in [0.4, 0.5) is 0 Å². The first-order chi connectivity index (χ1) is 12.3. The van der Waals surface area contributed by atoms with Crippen molar-refractivity contribution in [3.05, 3.63) is 35.4 Å². The molecule has 0 fully saturated rings. The molecule has 0 heterocycles. The van der Waals surface area contributed by atoms with E-state index >= 15 is 0 Å². The third kappa shape index (κ3) is 8.00. The van der Waals surface area contributed by atoms with Gasteiger partial charge in [0.15, 0.2) is 5.96 Å². The molecule has 7 nitrogen and oxygen atoms in total. The van der Waals surface area contributed by atoms with Crippen LogP contribution in [0.1, 0.15) is 36.2 Å². The van der Waals surface area contributed by atoms with E-state index in [9.17, 15) is 9.59 Å². The largest absolute Gasteiger partial charge is 0.356 e. The first kappa shape index (κ1) is 21.5. The number of nitrogens with one attached hydrogen (secondary N) is 3. The Balaban J connectivity index is 2.40. The van der Waals surface area contributed by atoms with Gasteiger partial charge in [-0.2, -0.15) is 0 Å². The van der Waals surface area contributed by atoms with Crippen molar-refractivity contribution in [2.24, 2.45) is 4.99 Å². The molecule has 1 rings (SSSR count). The van der Waals surface area contributed by atoms with Gasteiger partial charge in [-0.15, -0.1) is 0 Å². The van der Waals surface area contributed by atoms with Gasteiger partial charge in [0.25, 0.3) is 5.91 Å². The van der Waals surface area contributed by atoms with Crippen LogP contribution in [0.25, 0.3) is 0 Å². The Hall–Kier alpha value is -2.57. The predicted molar refractivity (Wildman–Crippen MR) is 105 cm³/mol. The van der Waals surface area contributed by atoms with E-state index in [0.717, 1.165) is 12.0 Å². The van der Waals surface area contributed by atoms with Crippen LogP contribution in [0.15, 0.2) is 29.3 Å². The molecule has 1 aromatic carbocycles. The summed E-state index contributed by atoms with van der Waals surface area (Å²) < 4.78 is 0. The van der Waals surface area contributed by atoms with Gasteiger partial charge in [0.2, 0.25) is 5.91 Å². The third-order valence-electron chi connectivity index (χ3n) is 3.60.